The number of ketones is 1. The first-order valence-electron chi connectivity index (χ1n) is 12.8. The Morgan fingerprint density at radius 2 is 1.38 bits per heavy atom. The Labute approximate surface area is 226 Å². The van der Waals surface area contributed by atoms with Crippen LogP contribution >= 0.6 is 0 Å². The van der Waals surface area contributed by atoms with Crippen LogP contribution in [0.1, 0.15) is 39.1 Å². The molecule has 0 spiro atoms. The zero-order valence-corrected chi connectivity index (χ0v) is 21.1. The van der Waals surface area contributed by atoms with Gasteiger partial charge in [0.1, 0.15) is 18.0 Å². The van der Waals surface area contributed by atoms with Crippen LogP contribution in [0.15, 0.2) is 127 Å². The first-order chi connectivity index (χ1) is 19.0. The number of hydrogen-bond acceptors (Lipinski definition) is 4. The van der Waals surface area contributed by atoms with Crippen LogP contribution in [-0.4, -0.2) is 29.1 Å². The molecule has 5 nitrogen and oxygen atoms in total. The van der Waals surface area contributed by atoms with E-state index in [0.29, 0.717) is 22.4 Å². The number of carboxylic acid groups (broad SMARTS) is 1. The van der Waals surface area contributed by atoms with Crippen LogP contribution in [0.25, 0.3) is 11.1 Å². The number of benzene rings is 4. The monoisotopic (exact) mass is 514 g/mol. The number of carboxylic acids is 1. The van der Waals surface area contributed by atoms with Crippen molar-refractivity contribution in [2.45, 2.75) is 17.6 Å². The summed E-state index contributed by atoms with van der Waals surface area (Å²) in [6.07, 6.45) is 6.51. The third kappa shape index (κ3) is 4.69. The van der Waals surface area contributed by atoms with Gasteiger partial charge in [0.2, 0.25) is 0 Å². The summed E-state index contributed by atoms with van der Waals surface area (Å²) >= 11 is 0. The number of hydrogen-bond donors (Lipinski definition) is 1. The van der Waals surface area contributed by atoms with Gasteiger partial charge < -0.3 is 14.6 Å². The van der Waals surface area contributed by atoms with Crippen LogP contribution in [0.5, 0.6) is 5.75 Å². The molecule has 0 saturated heterocycles. The first-order valence-corrected chi connectivity index (χ1v) is 12.8. The molecule has 1 N–H and O–H groups in total. The summed E-state index contributed by atoms with van der Waals surface area (Å²) < 4.78 is 12.7. The van der Waals surface area contributed by atoms with Gasteiger partial charge in [0, 0.05) is 11.5 Å². The van der Waals surface area contributed by atoms with Gasteiger partial charge in [0.15, 0.2) is 11.9 Å². The van der Waals surface area contributed by atoms with E-state index in [1.807, 2.05) is 97.1 Å². The van der Waals surface area contributed by atoms with Crippen molar-refractivity contribution in [2.75, 3.05) is 6.61 Å². The van der Waals surface area contributed by atoms with Gasteiger partial charge in [0.25, 0.3) is 0 Å². The van der Waals surface area contributed by atoms with E-state index in [1.165, 1.54) is 0 Å². The molecule has 0 aliphatic heterocycles. The fourth-order valence-electron chi connectivity index (χ4n) is 5.22. The lowest BCUT2D eigenvalue weighted by atomic mass is 9.88. The smallest absolute Gasteiger partial charge is 0.337 e. The second-order valence-electron chi connectivity index (χ2n) is 9.70. The van der Waals surface area contributed by atoms with Gasteiger partial charge >= 0.3 is 5.97 Å². The molecule has 0 aromatic heterocycles. The van der Waals surface area contributed by atoms with Gasteiger partial charge in [-0.05, 0) is 40.5 Å². The summed E-state index contributed by atoms with van der Waals surface area (Å²) in [5, 5.41) is 10.1. The molecular formula is C34H26O5. The SMILES string of the molecule is O=C1c2ccccc2-c2cccc(OCC3(OC(C(=O)O)c4ccccc4)C=CC(c4ccccc4)C=C3)c21. The molecule has 0 amide bonds. The van der Waals surface area contributed by atoms with Crippen molar-refractivity contribution in [3.63, 3.8) is 0 Å². The topological polar surface area (TPSA) is 72.8 Å². The minimum atomic E-state index is -1.22. The van der Waals surface area contributed by atoms with Crippen molar-refractivity contribution in [1.29, 1.82) is 0 Å². The second kappa shape index (κ2) is 10.2. The number of fused-ring (bicyclic) bond motifs is 3. The Bertz CT molecular complexity index is 1570. The van der Waals surface area contributed by atoms with Crippen LogP contribution in [0, 0.1) is 0 Å². The highest BCUT2D eigenvalue weighted by Crippen LogP contribution is 2.42. The Morgan fingerprint density at radius 1 is 0.769 bits per heavy atom. The number of rotatable bonds is 8. The third-order valence-electron chi connectivity index (χ3n) is 7.19. The molecule has 0 radical (unpaired) electrons. The van der Waals surface area contributed by atoms with Crippen molar-refractivity contribution in [1.82, 2.24) is 0 Å². The highest BCUT2D eigenvalue weighted by molar-refractivity contribution is 6.23. The number of carbonyl (C=O) groups excluding carboxylic acids is 1. The molecule has 0 bridgehead atoms. The average molecular weight is 515 g/mol. The second-order valence-corrected chi connectivity index (χ2v) is 9.70. The summed E-state index contributed by atoms with van der Waals surface area (Å²) in [6.45, 7) is -0.0157. The van der Waals surface area contributed by atoms with E-state index in [9.17, 15) is 14.7 Å². The molecule has 0 fully saturated rings. The quantitative estimate of drug-likeness (QED) is 0.231. The number of carbonyl (C=O) groups is 2. The zero-order chi connectivity index (χ0) is 26.8. The van der Waals surface area contributed by atoms with Crippen molar-refractivity contribution in [3.05, 3.63) is 150 Å². The fourth-order valence-corrected chi connectivity index (χ4v) is 5.22. The number of ether oxygens (including phenoxy) is 2. The molecule has 39 heavy (non-hydrogen) atoms. The molecule has 5 heteroatoms. The minimum absolute atomic E-state index is 0.0139. The van der Waals surface area contributed by atoms with E-state index in [2.05, 4.69) is 0 Å². The molecule has 1 unspecified atom stereocenters. The van der Waals surface area contributed by atoms with Gasteiger partial charge in [0.05, 0.1) is 5.56 Å². The summed E-state index contributed by atoms with van der Waals surface area (Å²) in [5.41, 5.74) is 3.33. The molecular weight excluding hydrogens is 488 g/mol. The van der Waals surface area contributed by atoms with E-state index in [0.717, 1.165) is 16.7 Å². The molecule has 4 aromatic rings. The molecule has 2 aliphatic rings. The molecule has 0 heterocycles. The highest BCUT2D eigenvalue weighted by Gasteiger charge is 2.37. The van der Waals surface area contributed by atoms with E-state index >= 15 is 0 Å². The summed E-state index contributed by atoms with van der Waals surface area (Å²) in [6, 6.07) is 32.0. The predicted molar refractivity (Wildman–Crippen MR) is 149 cm³/mol. The van der Waals surface area contributed by atoms with Crippen LogP contribution in [0.3, 0.4) is 0 Å². The average Bonchev–Trinajstić information content (AvgIpc) is 3.28. The van der Waals surface area contributed by atoms with E-state index < -0.39 is 17.7 Å². The summed E-state index contributed by atoms with van der Waals surface area (Å²) in [7, 11) is 0. The summed E-state index contributed by atoms with van der Waals surface area (Å²) in [5.74, 6) is -0.730. The highest BCUT2D eigenvalue weighted by atomic mass is 16.6. The lowest BCUT2D eigenvalue weighted by Gasteiger charge is -2.34. The zero-order valence-electron chi connectivity index (χ0n) is 21.1. The normalized spacial score (nSPS) is 19.8. The van der Waals surface area contributed by atoms with Crippen LogP contribution in [0.4, 0.5) is 0 Å². The molecule has 1 atom stereocenters. The van der Waals surface area contributed by atoms with Gasteiger partial charge in [-0.25, -0.2) is 4.79 Å². The molecule has 6 rings (SSSR count). The first kappa shape index (κ1) is 24.6. The molecule has 2 aliphatic carbocycles. The van der Waals surface area contributed by atoms with E-state index in [-0.39, 0.29) is 18.3 Å². The maximum atomic E-state index is 13.3. The lowest BCUT2D eigenvalue weighted by molar-refractivity contribution is -0.159. The van der Waals surface area contributed by atoms with Crippen molar-refractivity contribution < 1.29 is 24.2 Å². The Morgan fingerprint density at radius 3 is 2.08 bits per heavy atom. The maximum absolute atomic E-state index is 13.3. The largest absolute Gasteiger partial charge is 0.489 e. The van der Waals surface area contributed by atoms with Gasteiger partial charge in [-0.3, -0.25) is 4.79 Å². The fraction of sp³-hybridized carbons (Fsp3) is 0.118. The summed E-state index contributed by atoms with van der Waals surface area (Å²) in [4.78, 5) is 25.6. The van der Waals surface area contributed by atoms with Crippen molar-refractivity contribution in [3.8, 4) is 16.9 Å². The Hall–Kier alpha value is -4.74. The van der Waals surface area contributed by atoms with Crippen molar-refractivity contribution in [2.24, 2.45) is 0 Å². The molecule has 4 aromatic carbocycles. The van der Waals surface area contributed by atoms with Crippen LogP contribution in [0.2, 0.25) is 0 Å². The Kier molecular flexibility index (Phi) is 6.43. The van der Waals surface area contributed by atoms with E-state index in [4.69, 9.17) is 9.47 Å². The molecule has 0 saturated carbocycles. The lowest BCUT2D eigenvalue weighted by Crippen LogP contribution is -2.39. The number of allylic oxidation sites excluding steroid dienone is 2. The predicted octanol–water partition coefficient (Wildman–Crippen LogP) is 6.77. The number of aliphatic carboxylic acids is 1. The minimum Gasteiger partial charge on any atom is -0.489 e. The van der Waals surface area contributed by atoms with Crippen LogP contribution in [-0.2, 0) is 9.53 Å². The van der Waals surface area contributed by atoms with Gasteiger partial charge in [-0.15, -0.1) is 0 Å². The van der Waals surface area contributed by atoms with Gasteiger partial charge in [-0.2, -0.15) is 0 Å². The molecule has 192 valence electrons. The standard InChI is InChI=1S/C34H26O5/c35-31-28-15-8-7-14-26(28)27-16-9-17-29(30(27)31)38-22-34(39-32(33(36)37)25-12-5-2-6-13-25)20-18-24(19-21-34)23-10-3-1-4-11-23/h1-21,24,32H,22H2,(H,36,37). The van der Waals surface area contributed by atoms with Crippen molar-refractivity contribution >= 4 is 11.8 Å². The van der Waals surface area contributed by atoms with Crippen LogP contribution < -0.4 is 4.74 Å². The third-order valence-corrected chi connectivity index (χ3v) is 7.19. The maximum Gasteiger partial charge on any atom is 0.337 e. The van der Waals surface area contributed by atoms with E-state index in [1.54, 1.807) is 30.3 Å². The Balaban J connectivity index is 1.33. The van der Waals surface area contributed by atoms with Gasteiger partial charge in [-0.1, -0.05) is 109 Å².